The molecule has 1 N–H and O–H groups in total. The molecule has 0 atom stereocenters. The van der Waals surface area contributed by atoms with Crippen molar-refractivity contribution in [1.29, 1.82) is 5.26 Å². The lowest BCUT2D eigenvalue weighted by molar-refractivity contribution is 0.102. The van der Waals surface area contributed by atoms with Crippen LogP contribution < -0.4 is 10.1 Å². The number of aromatic nitrogens is 1. The van der Waals surface area contributed by atoms with Gasteiger partial charge < -0.3 is 10.1 Å². The number of nitrogens with zero attached hydrogens (tertiary/aromatic N) is 2. The van der Waals surface area contributed by atoms with Gasteiger partial charge in [-0.3, -0.25) is 9.78 Å². The second-order valence-electron chi connectivity index (χ2n) is 3.75. The maximum Gasteiger partial charge on any atom is 0.257 e. The first kappa shape index (κ1) is 13.8. The molecule has 0 radical (unpaired) electrons. The van der Waals surface area contributed by atoms with Crippen molar-refractivity contribution in [3.05, 3.63) is 53.3 Å². The Labute approximate surface area is 120 Å². The molecule has 100 valence electrons. The third-order valence-electron chi connectivity index (χ3n) is 2.44. The van der Waals surface area contributed by atoms with E-state index in [1.165, 1.54) is 18.5 Å². The molecule has 0 aliphatic heterocycles. The Balaban J connectivity index is 2.20. The number of pyridine rings is 1. The van der Waals surface area contributed by atoms with Crippen LogP contribution in [0.2, 0.25) is 5.02 Å². The monoisotopic (exact) mass is 287 g/mol. The molecule has 2 aromatic rings. The maximum atomic E-state index is 12.1. The van der Waals surface area contributed by atoms with Crippen LogP contribution in [-0.4, -0.2) is 17.5 Å². The quantitative estimate of drug-likeness (QED) is 0.938. The van der Waals surface area contributed by atoms with Crippen molar-refractivity contribution in [3.63, 3.8) is 0 Å². The van der Waals surface area contributed by atoms with E-state index in [9.17, 15) is 4.79 Å². The molecule has 20 heavy (non-hydrogen) atoms. The van der Waals surface area contributed by atoms with Crippen molar-refractivity contribution in [2.24, 2.45) is 0 Å². The summed E-state index contributed by atoms with van der Waals surface area (Å²) in [6.45, 7) is -0.0943. The summed E-state index contributed by atoms with van der Waals surface area (Å²) < 4.78 is 5.23. The molecular formula is C14H10ClN3O2. The zero-order valence-corrected chi connectivity index (χ0v) is 11.1. The normalized spacial score (nSPS) is 9.60. The number of para-hydroxylation sites is 2. The Kier molecular flexibility index (Phi) is 4.53. The van der Waals surface area contributed by atoms with Crippen LogP contribution in [0, 0.1) is 11.3 Å². The molecule has 0 aliphatic carbocycles. The maximum absolute atomic E-state index is 12.1. The van der Waals surface area contributed by atoms with Crippen molar-refractivity contribution >= 4 is 23.2 Å². The summed E-state index contributed by atoms with van der Waals surface area (Å²) in [6.07, 6.45) is 2.88. The van der Waals surface area contributed by atoms with Gasteiger partial charge in [0, 0.05) is 12.4 Å². The second kappa shape index (κ2) is 6.55. The van der Waals surface area contributed by atoms with Crippen molar-refractivity contribution in [2.45, 2.75) is 0 Å². The number of anilines is 1. The SMILES string of the molecule is N#CCOc1ccccc1NC(=O)c1ccncc1Cl. The molecule has 2 rings (SSSR count). The summed E-state index contributed by atoms with van der Waals surface area (Å²) >= 11 is 5.91. The fourth-order valence-electron chi connectivity index (χ4n) is 1.55. The van der Waals surface area contributed by atoms with E-state index in [-0.39, 0.29) is 17.5 Å². The number of halogens is 1. The Bertz CT molecular complexity index is 667. The summed E-state index contributed by atoms with van der Waals surface area (Å²) in [5, 5.41) is 11.5. The average Bonchev–Trinajstić information content (AvgIpc) is 2.46. The topological polar surface area (TPSA) is 75.0 Å². The molecule has 1 amide bonds. The number of hydrogen-bond donors (Lipinski definition) is 1. The van der Waals surface area contributed by atoms with Crippen molar-refractivity contribution < 1.29 is 9.53 Å². The van der Waals surface area contributed by atoms with Gasteiger partial charge in [0.15, 0.2) is 6.61 Å². The lowest BCUT2D eigenvalue weighted by Gasteiger charge is -2.11. The Morgan fingerprint density at radius 3 is 2.95 bits per heavy atom. The van der Waals surface area contributed by atoms with Gasteiger partial charge in [0.05, 0.1) is 16.3 Å². The number of carbonyl (C=O) groups is 1. The van der Waals surface area contributed by atoms with Crippen LogP contribution in [0.15, 0.2) is 42.7 Å². The Morgan fingerprint density at radius 1 is 1.40 bits per heavy atom. The first-order valence-corrected chi connectivity index (χ1v) is 6.10. The van der Waals surface area contributed by atoms with Crippen LogP contribution in [0.5, 0.6) is 5.75 Å². The molecule has 6 heteroatoms. The number of rotatable bonds is 4. The minimum Gasteiger partial charge on any atom is -0.477 e. The molecule has 0 spiro atoms. The molecule has 0 unspecified atom stereocenters. The minimum absolute atomic E-state index is 0.0943. The van der Waals surface area contributed by atoms with Gasteiger partial charge in [0.25, 0.3) is 5.91 Å². The van der Waals surface area contributed by atoms with E-state index in [1.807, 2.05) is 6.07 Å². The highest BCUT2D eigenvalue weighted by Crippen LogP contribution is 2.25. The van der Waals surface area contributed by atoms with Gasteiger partial charge >= 0.3 is 0 Å². The van der Waals surface area contributed by atoms with Gasteiger partial charge in [-0.05, 0) is 18.2 Å². The summed E-state index contributed by atoms with van der Waals surface area (Å²) in [7, 11) is 0. The lowest BCUT2D eigenvalue weighted by atomic mass is 10.2. The average molecular weight is 288 g/mol. The van der Waals surface area contributed by atoms with Crippen LogP contribution in [0.25, 0.3) is 0 Å². The Hall–Kier alpha value is -2.58. The van der Waals surface area contributed by atoms with Gasteiger partial charge in [-0.15, -0.1) is 0 Å². The zero-order chi connectivity index (χ0) is 14.4. The van der Waals surface area contributed by atoms with Crippen molar-refractivity contribution in [1.82, 2.24) is 4.98 Å². The van der Waals surface area contributed by atoms with Crippen molar-refractivity contribution in [3.8, 4) is 11.8 Å². The van der Waals surface area contributed by atoms with Crippen LogP contribution in [0.1, 0.15) is 10.4 Å². The third kappa shape index (κ3) is 3.25. The van der Waals surface area contributed by atoms with E-state index >= 15 is 0 Å². The molecule has 0 saturated carbocycles. The summed E-state index contributed by atoms with van der Waals surface area (Å²) in [5.41, 5.74) is 0.789. The highest BCUT2D eigenvalue weighted by atomic mass is 35.5. The number of carbonyl (C=O) groups excluding carboxylic acids is 1. The second-order valence-corrected chi connectivity index (χ2v) is 4.16. The van der Waals surface area contributed by atoms with Gasteiger partial charge in [-0.1, -0.05) is 23.7 Å². The van der Waals surface area contributed by atoms with E-state index in [4.69, 9.17) is 21.6 Å². The fourth-order valence-corrected chi connectivity index (χ4v) is 1.76. The third-order valence-corrected chi connectivity index (χ3v) is 2.75. The van der Waals surface area contributed by atoms with Crippen molar-refractivity contribution in [2.75, 3.05) is 11.9 Å². The molecule has 5 nitrogen and oxygen atoms in total. The van der Waals surface area contributed by atoms with E-state index in [1.54, 1.807) is 24.3 Å². The van der Waals surface area contributed by atoms with E-state index in [0.29, 0.717) is 17.0 Å². The van der Waals surface area contributed by atoms with Gasteiger partial charge in [-0.25, -0.2) is 0 Å². The van der Waals surface area contributed by atoms with E-state index in [2.05, 4.69) is 10.3 Å². The van der Waals surface area contributed by atoms with Crippen LogP contribution in [0.3, 0.4) is 0 Å². The van der Waals surface area contributed by atoms with Crippen LogP contribution in [-0.2, 0) is 0 Å². The molecule has 0 bridgehead atoms. The zero-order valence-electron chi connectivity index (χ0n) is 10.3. The standard InChI is InChI=1S/C14H10ClN3O2/c15-11-9-17-7-5-10(11)14(19)18-12-3-1-2-4-13(12)20-8-6-16/h1-5,7,9H,8H2,(H,18,19). The molecule has 1 heterocycles. The van der Waals surface area contributed by atoms with Crippen LogP contribution in [0.4, 0.5) is 5.69 Å². The smallest absolute Gasteiger partial charge is 0.257 e. The first-order chi connectivity index (χ1) is 9.72. The van der Waals surface area contributed by atoms with E-state index in [0.717, 1.165) is 0 Å². The van der Waals surface area contributed by atoms with Gasteiger partial charge in [0.2, 0.25) is 0 Å². The minimum atomic E-state index is -0.370. The Morgan fingerprint density at radius 2 is 2.20 bits per heavy atom. The molecular weight excluding hydrogens is 278 g/mol. The number of amides is 1. The largest absolute Gasteiger partial charge is 0.477 e. The van der Waals surface area contributed by atoms with E-state index < -0.39 is 0 Å². The lowest BCUT2D eigenvalue weighted by Crippen LogP contribution is -2.13. The van der Waals surface area contributed by atoms with Gasteiger partial charge in [-0.2, -0.15) is 5.26 Å². The molecule has 0 fully saturated rings. The molecule has 0 saturated heterocycles. The predicted molar refractivity (Wildman–Crippen MR) is 74.8 cm³/mol. The number of nitrogens with one attached hydrogen (secondary N) is 1. The number of nitriles is 1. The fraction of sp³-hybridized carbons (Fsp3) is 0.0714. The summed E-state index contributed by atoms with van der Waals surface area (Å²) in [4.78, 5) is 15.9. The van der Waals surface area contributed by atoms with Crippen LogP contribution >= 0.6 is 11.6 Å². The summed E-state index contributed by atoms with van der Waals surface area (Å²) in [6, 6.07) is 10.3. The van der Waals surface area contributed by atoms with Gasteiger partial charge in [0.1, 0.15) is 11.8 Å². The summed E-state index contributed by atoms with van der Waals surface area (Å²) in [5.74, 6) is 0.0537. The number of ether oxygens (including phenoxy) is 1. The number of hydrogen-bond acceptors (Lipinski definition) is 4. The first-order valence-electron chi connectivity index (χ1n) is 5.72. The number of benzene rings is 1. The predicted octanol–water partition coefficient (Wildman–Crippen LogP) is 2.89. The highest BCUT2D eigenvalue weighted by Gasteiger charge is 2.12. The molecule has 0 aliphatic rings. The highest BCUT2D eigenvalue weighted by molar-refractivity contribution is 6.34. The molecule has 1 aromatic carbocycles. The molecule has 1 aromatic heterocycles.